The number of ether oxygens (including phenoxy) is 2. The minimum atomic E-state index is -0.566. The summed E-state index contributed by atoms with van der Waals surface area (Å²) in [6.45, 7) is 7.43. The van der Waals surface area contributed by atoms with Gasteiger partial charge in [-0.1, -0.05) is 19.9 Å². The van der Waals surface area contributed by atoms with Crippen molar-refractivity contribution in [3.8, 4) is 11.5 Å². The van der Waals surface area contributed by atoms with Gasteiger partial charge in [-0.3, -0.25) is 4.79 Å². The zero-order valence-corrected chi connectivity index (χ0v) is 13.1. The van der Waals surface area contributed by atoms with Crippen molar-refractivity contribution in [2.75, 3.05) is 13.2 Å². The number of hydrogen-bond acceptors (Lipinski definition) is 4. The van der Waals surface area contributed by atoms with Gasteiger partial charge in [-0.15, -0.1) is 0 Å². The van der Waals surface area contributed by atoms with Crippen molar-refractivity contribution in [2.45, 2.75) is 46.3 Å². The van der Waals surface area contributed by atoms with E-state index in [1.165, 1.54) is 0 Å². The molecule has 1 atom stereocenters. The molecule has 1 unspecified atom stereocenters. The van der Waals surface area contributed by atoms with E-state index in [-0.39, 0.29) is 5.91 Å². The summed E-state index contributed by atoms with van der Waals surface area (Å²) in [6.07, 6.45) is 1.26. The van der Waals surface area contributed by atoms with Crippen LogP contribution in [0.1, 0.15) is 39.2 Å². The zero-order chi connectivity index (χ0) is 15.7. The largest absolute Gasteiger partial charge is 0.493 e. The molecule has 5 nitrogen and oxygen atoms in total. The molecule has 0 bridgehead atoms. The van der Waals surface area contributed by atoms with E-state index in [1.807, 2.05) is 26.0 Å². The van der Waals surface area contributed by atoms with Crippen molar-refractivity contribution in [1.29, 1.82) is 0 Å². The van der Waals surface area contributed by atoms with E-state index in [2.05, 4.69) is 5.32 Å². The van der Waals surface area contributed by atoms with Crippen LogP contribution in [0.4, 0.5) is 0 Å². The summed E-state index contributed by atoms with van der Waals surface area (Å²) < 4.78 is 11.3. The summed E-state index contributed by atoms with van der Waals surface area (Å²) in [6, 6.07) is 5.53. The Kier molecular flexibility index (Phi) is 7.61. The lowest BCUT2D eigenvalue weighted by molar-refractivity contribution is -0.127. The van der Waals surface area contributed by atoms with Gasteiger partial charge < -0.3 is 20.5 Å². The maximum Gasteiger partial charge on any atom is 0.260 e. The predicted molar refractivity (Wildman–Crippen MR) is 83.5 cm³/mol. The first-order valence-electron chi connectivity index (χ1n) is 7.52. The molecular weight excluding hydrogens is 268 g/mol. The number of carbonyl (C=O) groups excluding carboxylic acids is 1. The number of carbonyl (C=O) groups is 1. The van der Waals surface area contributed by atoms with Crippen LogP contribution in [0.3, 0.4) is 0 Å². The highest BCUT2D eigenvalue weighted by molar-refractivity contribution is 5.80. The van der Waals surface area contributed by atoms with Crippen LogP contribution in [0.25, 0.3) is 0 Å². The Morgan fingerprint density at radius 2 is 2.10 bits per heavy atom. The highest BCUT2D eigenvalue weighted by Gasteiger charge is 2.16. The fourth-order valence-corrected chi connectivity index (χ4v) is 1.76. The van der Waals surface area contributed by atoms with E-state index in [9.17, 15) is 4.79 Å². The van der Waals surface area contributed by atoms with Crippen molar-refractivity contribution in [3.63, 3.8) is 0 Å². The highest BCUT2D eigenvalue weighted by atomic mass is 16.5. The molecule has 0 fully saturated rings. The molecule has 1 aromatic carbocycles. The third-order valence-corrected chi connectivity index (χ3v) is 2.95. The fourth-order valence-electron chi connectivity index (χ4n) is 1.76. The van der Waals surface area contributed by atoms with Gasteiger partial charge in [-0.05, 0) is 25.8 Å². The maximum absolute atomic E-state index is 11.9. The van der Waals surface area contributed by atoms with Gasteiger partial charge in [0.25, 0.3) is 5.91 Å². The van der Waals surface area contributed by atoms with E-state index < -0.39 is 6.10 Å². The van der Waals surface area contributed by atoms with Crippen molar-refractivity contribution in [1.82, 2.24) is 5.32 Å². The van der Waals surface area contributed by atoms with Gasteiger partial charge in [0.15, 0.2) is 6.10 Å². The van der Waals surface area contributed by atoms with Crippen molar-refractivity contribution < 1.29 is 14.3 Å². The second-order valence-electron chi connectivity index (χ2n) is 4.87. The molecule has 0 radical (unpaired) electrons. The summed E-state index contributed by atoms with van der Waals surface area (Å²) in [5.74, 6) is 1.20. The molecule has 0 aromatic heterocycles. The van der Waals surface area contributed by atoms with Gasteiger partial charge in [0, 0.05) is 24.7 Å². The van der Waals surface area contributed by atoms with E-state index in [4.69, 9.17) is 15.2 Å². The molecule has 21 heavy (non-hydrogen) atoms. The van der Waals surface area contributed by atoms with Crippen LogP contribution in [-0.2, 0) is 11.3 Å². The van der Waals surface area contributed by atoms with Gasteiger partial charge in [-0.2, -0.15) is 0 Å². The Bertz CT molecular complexity index is 449. The highest BCUT2D eigenvalue weighted by Crippen LogP contribution is 2.26. The third kappa shape index (κ3) is 5.63. The third-order valence-electron chi connectivity index (χ3n) is 2.95. The standard InChI is InChI=1S/C16H26N2O3/c1-4-8-18-16(19)12(3)21-15-10-14(20-9-5-2)7-6-13(15)11-17/h6-7,10,12H,4-5,8-9,11,17H2,1-3H3,(H,18,19). The van der Waals surface area contributed by atoms with Crippen molar-refractivity contribution in [3.05, 3.63) is 23.8 Å². The topological polar surface area (TPSA) is 73.6 Å². The van der Waals surface area contributed by atoms with Gasteiger partial charge in [0.05, 0.1) is 6.61 Å². The Morgan fingerprint density at radius 3 is 2.71 bits per heavy atom. The van der Waals surface area contributed by atoms with Crippen LogP contribution in [0.5, 0.6) is 11.5 Å². The summed E-state index contributed by atoms with van der Waals surface area (Å²) in [5, 5.41) is 2.81. The molecule has 0 aliphatic rings. The fraction of sp³-hybridized carbons (Fsp3) is 0.562. The van der Waals surface area contributed by atoms with Gasteiger partial charge >= 0.3 is 0 Å². The Hall–Kier alpha value is -1.75. The smallest absolute Gasteiger partial charge is 0.260 e. The number of hydrogen-bond donors (Lipinski definition) is 2. The van der Waals surface area contributed by atoms with E-state index in [0.717, 1.165) is 24.2 Å². The van der Waals surface area contributed by atoms with Crippen LogP contribution < -0.4 is 20.5 Å². The first kappa shape index (κ1) is 17.3. The Morgan fingerprint density at radius 1 is 1.33 bits per heavy atom. The first-order chi connectivity index (χ1) is 10.1. The lowest BCUT2D eigenvalue weighted by Gasteiger charge is -2.17. The molecule has 1 rings (SSSR count). The van der Waals surface area contributed by atoms with E-state index in [1.54, 1.807) is 13.0 Å². The summed E-state index contributed by atoms with van der Waals surface area (Å²) >= 11 is 0. The van der Waals surface area contributed by atoms with Gasteiger partial charge in [-0.25, -0.2) is 0 Å². The minimum absolute atomic E-state index is 0.125. The van der Waals surface area contributed by atoms with E-state index in [0.29, 0.717) is 25.4 Å². The van der Waals surface area contributed by atoms with Crippen LogP contribution >= 0.6 is 0 Å². The number of benzene rings is 1. The average molecular weight is 294 g/mol. The Balaban J connectivity index is 2.76. The van der Waals surface area contributed by atoms with Crippen molar-refractivity contribution in [2.24, 2.45) is 5.73 Å². The molecule has 118 valence electrons. The second-order valence-corrected chi connectivity index (χ2v) is 4.87. The molecule has 0 saturated carbocycles. The van der Waals surface area contributed by atoms with Gasteiger partial charge in [0.1, 0.15) is 11.5 Å². The summed E-state index contributed by atoms with van der Waals surface area (Å²) in [4.78, 5) is 11.9. The first-order valence-corrected chi connectivity index (χ1v) is 7.52. The van der Waals surface area contributed by atoms with Crippen LogP contribution in [0.15, 0.2) is 18.2 Å². The van der Waals surface area contributed by atoms with Crippen LogP contribution in [0, 0.1) is 0 Å². The summed E-state index contributed by atoms with van der Waals surface area (Å²) in [7, 11) is 0. The predicted octanol–water partition coefficient (Wildman–Crippen LogP) is 2.23. The lowest BCUT2D eigenvalue weighted by Crippen LogP contribution is -2.36. The van der Waals surface area contributed by atoms with E-state index >= 15 is 0 Å². The molecule has 1 aromatic rings. The maximum atomic E-state index is 11.9. The molecular formula is C16H26N2O3. The number of amides is 1. The van der Waals surface area contributed by atoms with Crippen molar-refractivity contribution >= 4 is 5.91 Å². The SMILES string of the molecule is CCCNC(=O)C(C)Oc1cc(OCCC)ccc1CN. The minimum Gasteiger partial charge on any atom is -0.493 e. The normalized spacial score (nSPS) is 11.8. The molecule has 0 spiro atoms. The quantitative estimate of drug-likeness (QED) is 0.732. The number of rotatable bonds is 9. The summed E-state index contributed by atoms with van der Waals surface area (Å²) in [5.41, 5.74) is 6.57. The molecule has 0 saturated heterocycles. The average Bonchev–Trinajstić information content (AvgIpc) is 2.50. The molecule has 0 aliphatic heterocycles. The van der Waals surface area contributed by atoms with Crippen LogP contribution in [-0.4, -0.2) is 25.2 Å². The second kappa shape index (κ2) is 9.23. The van der Waals surface area contributed by atoms with Gasteiger partial charge in [0.2, 0.25) is 0 Å². The molecule has 0 heterocycles. The molecule has 5 heteroatoms. The zero-order valence-electron chi connectivity index (χ0n) is 13.1. The number of nitrogens with two attached hydrogens (primary N) is 1. The molecule has 3 N–H and O–H groups in total. The molecule has 1 amide bonds. The van der Waals surface area contributed by atoms with Crippen LogP contribution in [0.2, 0.25) is 0 Å². The Labute approximate surface area is 126 Å². The monoisotopic (exact) mass is 294 g/mol. The lowest BCUT2D eigenvalue weighted by atomic mass is 10.2. The molecule has 0 aliphatic carbocycles. The number of nitrogens with one attached hydrogen (secondary N) is 1.